The molecule has 2 N–H and O–H groups in total. The van der Waals surface area contributed by atoms with E-state index in [9.17, 15) is 0 Å². The highest BCUT2D eigenvalue weighted by molar-refractivity contribution is 5.35. The Balaban J connectivity index is 2.13. The topological polar surface area (TPSA) is 53.1 Å². The molecular formula is C14H19N3O. The van der Waals surface area contributed by atoms with Gasteiger partial charge in [0.2, 0.25) is 0 Å². The van der Waals surface area contributed by atoms with Gasteiger partial charge in [0.15, 0.2) is 0 Å². The first-order valence-corrected chi connectivity index (χ1v) is 6.04. The summed E-state index contributed by atoms with van der Waals surface area (Å²) in [5.74, 6) is 0.839. The van der Waals surface area contributed by atoms with E-state index in [1.54, 1.807) is 0 Å². The fourth-order valence-electron chi connectivity index (χ4n) is 1.94. The lowest BCUT2D eigenvalue weighted by Crippen LogP contribution is -2.09. The largest absolute Gasteiger partial charge is 0.487 e. The standard InChI is InChI=1S/C14H19N3O/c1-10-8-12(17(3)16-10)9-18-14-7-5-4-6-13(14)11(2)15/h4-8,11H,9,15H2,1-3H3. The summed E-state index contributed by atoms with van der Waals surface area (Å²) in [6.07, 6.45) is 0. The summed E-state index contributed by atoms with van der Waals surface area (Å²) in [4.78, 5) is 0. The Morgan fingerprint density at radius 3 is 2.72 bits per heavy atom. The quantitative estimate of drug-likeness (QED) is 0.899. The van der Waals surface area contributed by atoms with Gasteiger partial charge >= 0.3 is 0 Å². The van der Waals surface area contributed by atoms with Crippen LogP contribution in [0.1, 0.15) is 29.9 Å². The van der Waals surface area contributed by atoms with Gasteiger partial charge in [-0.3, -0.25) is 4.68 Å². The normalized spacial score (nSPS) is 12.4. The molecule has 18 heavy (non-hydrogen) atoms. The van der Waals surface area contributed by atoms with Crippen molar-refractivity contribution < 1.29 is 4.74 Å². The molecule has 1 atom stereocenters. The number of benzene rings is 1. The van der Waals surface area contributed by atoms with Crippen molar-refractivity contribution in [3.8, 4) is 5.75 Å². The van der Waals surface area contributed by atoms with Crippen LogP contribution in [-0.4, -0.2) is 9.78 Å². The van der Waals surface area contributed by atoms with E-state index < -0.39 is 0 Å². The minimum atomic E-state index is -0.0329. The molecule has 4 heteroatoms. The predicted molar refractivity (Wildman–Crippen MR) is 71.3 cm³/mol. The minimum Gasteiger partial charge on any atom is -0.487 e. The Morgan fingerprint density at radius 2 is 2.11 bits per heavy atom. The van der Waals surface area contributed by atoms with Crippen LogP contribution in [-0.2, 0) is 13.7 Å². The van der Waals surface area contributed by atoms with Crippen LogP contribution in [0.25, 0.3) is 0 Å². The number of nitrogens with two attached hydrogens (primary N) is 1. The summed E-state index contributed by atoms with van der Waals surface area (Å²) in [6.45, 7) is 4.43. The summed E-state index contributed by atoms with van der Waals surface area (Å²) in [5.41, 5.74) is 8.99. The van der Waals surface area contributed by atoms with Crippen molar-refractivity contribution in [3.05, 3.63) is 47.3 Å². The average Bonchev–Trinajstić information content (AvgIpc) is 2.65. The Labute approximate surface area is 107 Å². The predicted octanol–water partition coefficient (Wildman–Crippen LogP) is 2.33. The highest BCUT2D eigenvalue weighted by Gasteiger charge is 2.08. The number of hydrogen-bond acceptors (Lipinski definition) is 3. The van der Waals surface area contributed by atoms with Gasteiger partial charge in [-0.25, -0.2) is 0 Å². The second kappa shape index (κ2) is 5.23. The van der Waals surface area contributed by atoms with E-state index in [0.717, 1.165) is 22.7 Å². The molecule has 0 amide bonds. The lowest BCUT2D eigenvalue weighted by molar-refractivity contribution is 0.290. The highest BCUT2D eigenvalue weighted by Crippen LogP contribution is 2.24. The van der Waals surface area contributed by atoms with Gasteiger partial charge in [0.1, 0.15) is 12.4 Å². The van der Waals surface area contributed by atoms with Gasteiger partial charge in [-0.2, -0.15) is 5.10 Å². The number of aryl methyl sites for hydroxylation is 2. The number of nitrogens with zero attached hydrogens (tertiary/aromatic N) is 2. The lowest BCUT2D eigenvalue weighted by Gasteiger charge is -2.13. The van der Waals surface area contributed by atoms with Gasteiger partial charge < -0.3 is 10.5 Å². The van der Waals surface area contributed by atoms with Crippen LogP contribution in [0.3, 0.4) is 0 Å². The van der Waals surface area contributed by atoms with Gasteiger partial charge in [-0.15, -0.1) is 0 Å². The van der Waals surface area contributed by atoms with E-state index in [1.807, 2.05) is 55.9 Å². The molecule has 0 aliphatic carbocycles. The first-order chi connectivity index (χ1) is 8.58. The smallest absolute Gasteiger partial charge is 0.130 e. The van der Waals surface area contributed by atoms with Gasteiger partial charge in [0, 0.05) is 18.7 Å². The third kappa shape index (κ3) is 2.71. The van der Waals surface area contributed by atoms with Crippen LogP contribution in [0.15, 0.2) is 30.3 Å². The van der Waals surface area contributed by atoms with Gasteiger partial charge in [-0.05, 0) is 26.0 Å². The fraction of sp³-hybridized carbons (Fsp3) is 0.357. The van der Waals surface area contributed by atoms with Crippen molar-refractivity contribution in [1.29, 1.82) is 0 Å². The van der Waals surface area contributed by atoms with E-state index >= 15 is 0 Å². The van der Waals surface area contributed by atoms with Crippen LogP contribution in [0.5, 0.6) is 5.75 Å². The Kier molecular flexibility index (Phi) is 3.67. The zero-order chi connectivity index (χ0) is 13.1. The first-order valence-electron chi connectivity index (χ1n) is 6.04. The summed E-state index contributed by atoms with van der Waals surface area (Å²) in [5, 5.41) is 4.29. The van der Waals surface area contributed by atoms with Crippen LogP contribution in [0.2, 0.25) is 0 Å². The van der Waals surface area contributed by atoms with Crippen molar-refractivity contribution in [3.63, 3.8) is 0 Å². The Morgan fingerprint density at radius 1 is 1.39 bits per heavy atom. The average molecular weight is 245 g/mol. The van der Waals surface area contributed by atoms with E-state index in [1.165, 1.54) is 0 Å². The van der Waals surface area contributed by atoms with E-state index in [-0.39, 0.29) is 6.04 Å². The molecule has 96 valence electrons. The summed E-state index contributed by atoms with van der Waals surface area (Å²) < 4.78 is 7.67. The second-order valence-electron chi connectivity index (χ2n) is 4.52. The molecule has 1 unspecified atom stereocenters. The van der Waals surface area contributed by atoms with Crippen LogP contribution in [0, 0.1) is 6.92 Å². The Bertz CT molecular complexity index is 532. The third-order valence-corrected chi connectivity index (χ3v) is 2.88. The lowest BCUT2D eigenvalue weighted by atomic mass is 10.1. The van der Waals surface area contributed by atoms with E-state index in [2.05, 4.69) is 5.10 Å². The van der Waals surface area contributed by atoms with Crippen LogP contribution >= 0.6 is 0 Å². The molecule has 0 saturated heterocycles. The SMILES string of the molecule is Cc1cc(COc2ccccc2C(C)N)n(C)n1. The second-order valence-corrected chi connectivity index (χ2v) is 4.52. The molecule has 2 rings (SSSR count). The van der Waals surface area contributed by atoms with Crippen molar-refractivity contribution in [2.24, 2.45) is 12.8 Å². The molecular weight excluding hydrogens is 226 g/mol. The molecule has 0 aliphatic heterocycles. The zero-order valence-electron chi connectivity index (χ0n) is 11.1. The summed E-state index contributed by atoms with van der Waals surface area (Å²) >= 11 is 0. The maximum Gasteiger partial charge on any atom is 0.130 e. The van der Waals surface area contributed by atoms with Crippen molar-refractivity contribution >= 4 is 0 Å². The van der Waals surface area contributed by atoms with Crippen molar-refractivity contribution in [2.45, 2.75) is 26.5 Å². The molecule has 4 nitrogen and oxygen atoms in total. The molecule has 0 spiro atoms. The van der Waals surface area contributed by atoms with Gasteiger partial charge in [0.05, 0.1) is 11.4 Å². The summed E-state index contributed by atoms with van der Waals surface area (Å²) in [6, 6.07) is 9.86. The van der Waals surface area contributed by atoms with Crippen molar-refractivity contribution in [2.75, 3.05) is 0 Å². The van der Waals surface area contributed by atoms with E-state index in [0.29, 0.717) is 6.61 Å². The summed E-state index contributed by atoms with van der Waals surface area (Å²) in [7, 11) is 1.92. The number of para-hydroxylation sites is 1. The number of hydrogen-bond donors (Lipinski definition) is 1. The third-order valence-electron chi connectivity index (χ3n) is 2.88. The fourth-order valence-corrected chi connectivity index (χ4v) is 1.94. The maximum absolute atomic E-state index is 5.92. The number of rotatable bonds is 4. The van der Waals surface area contributed by atoms with Gasteiger partial charge in [0.25, 0.3) is 0 Å². The van der Waals surface area contributed by atoms with Crippen LogP contribution in [0.4, 0.5) is 0 Å². The molecule has 1 heterocycles. The zero-order valence-corrected chi connectivity index (χ0v) is 11.1. The number of ether oxygens (including phenoxy) is 1. The molecule has 1 aromatic heterocycles. The maximum atomic E-state index is 5.92. The Hall–Kier alpha value is -1.81. The molecule has 0 bridgehead atoms. The van der Waals surface area contributed by atoms with Crippen molar-refractivity contribution in [1.82, 2.24) is 9.78 Å². The molecule has 0 fully saturated rings. The van der Waals surface area contributed by atoms with Crippen LogP contribution < -0.4 is 10.5 Å². The highest BCUT2D eigenvalue weighted by atomic mass is 16.5. The molecule has 2 aromatic rings. The molecule has 0 saturated carbocycles. The monoisotopic (exact) mass is 245 g/mol. The van der Waals surface area contributed by atoms with Gasteiger partial charge in [-0.1, -0.05) is 18.2 Å². The number of aromatic nitrogens is 2. The molecule has 0 aliphatic rings. The molecule has 0 radical (unpaired) electrons. The first kappa shape index (κ1) is 12.6. The molecule has 1 aromatic carbocycles. The minimum absolute atomic E-state index is 0.0329. The van der Waals surface area contributed by atoms with E-state index in [4.69, 9.17) is 10.5 Å².